The first-order valence-electron chi connectivity index (χ1n) is 9.63. The maximum Gasteiger partial charge on any atom is 0.242 e. The minimum Gasteiger partial charge on any atom is -0.354 e. The molecule has 2 aromatic rings. The largest absolute Gasteiger partial charge is 0.354 e. The second-order valence-electron chi connectivity index (χ2n) is 7.63. The molecule has 1 unspecified atom stereocenters. The van der Waals surface area contributed by atoms with Gasteiger partial charge in [0.15, 0.2) is 0 Å². The van der Waals surface area contributed by atoms with Crippen LogP contribution in [0.2, 0.25) is 0 Å². The molecule has 2 rings (SSSR count). The Morgan fingerprint density at radius 1 is 1.04 bits per heavy atom. The summed E-state index contributed by atoms with van der Waals surface area (Å²) in [6, 6.07) is 13.2. The van der Waals surface area contributed by atoms with E-state index in [-0.39, 0.29) is 24.1 Å². The molecule has 0 aliphatic heterocycles. The van der Waals surface area contributed by atoms with E-state index in [1.807, 2.05) is 45.0 Å². The van der Waals surface area contributed by atoms with Gasteiger partial charge in [0.2, 0.25) is 11.8 Å². The standard InChI is InChI=1S/C23H29FN2O2/c1-16(2)14-25-23(28)18(4)26(15-20-7-5-6-17(3)12-20)22(27)13-19-8-10-21(24)11-9-19/h5-12,16,18H,13-15H2,1-4H3,(H,25,28). The van der Waals surface area contributed by atoms with Crippen LogP contribution in [0.3, 0.4) is 0 Å². The maximum atomic E-state index is 13.1. The number of amides is 2. The van der Waals surface area contributed by atoms with E-state index in [1.54, 1.807) is 24.0 Å². The highest BCUT2D eigenvalue weighted by molar-refractivity contribution is 5.88. The summed E-state index contributed by atoms with van der Waals surface area (Å²) in [6.07, 6.45) is 0.119. The summed E-state index contributed by atoms with van der Waals surface area (Å²) in [6.45, 7) is 8.69. The van der Waals surface area contributed by atoms with Crippen molar-refractivity contribution < 1.29 is 14.0 Å². The summed E-state index contributed by atoms with van der Waals surface area (Å²) >= 11 is 0. The van der Waals surface area contributed by atoms with Crippen LogP contribution in [0.15, 0.2) is 48.5 Å². The van der Waals surface area contributed by atoms with Gasteiger partial charge in [-0.2, -0.15) is 0 Å². The van der Waals surface area contributed by atoms with Gasteiger partial charge in [-0.15, -0.1) is 0 Å². The molecule has 150 valence electrons. The maximum absolute atomic E-state index is 13.1. The molecular weight excluding hydrogens is 355 g/mol. The lowest BCUT2D eigenvalue weighted by Gasteiger charge is -2.29. The number of hydrogen-bond donors (Lipinski definition) is 1. The minimum absolute atomic E-state index is 0.119. The van der Waals surface area contributed by atoms with Gasteiger partial charge in [0.25, 0.3) is 0 Å². The quantitative estimate of drug-likeness (QED) is 0.751. The Bertz CT molecular complexity index is 803. The lowest BCUT2D eigenvalue weighted by Crippen LogP contribution is -2.48. The Labute approximate surface area is 166 Å². The molecule has 5 heteroatoms. The van der Waals surface area contributed by atoms with E-state index in [1.165, 1.54) is 12.1 Å². The molecule has 0 fully saturated rings. The molecule has 0 aromatic heterocycles. The average molecular weight is 384 g/mol. The first-order valence-corrected chi connectivity index (χ1v) is 9.63. The van der Waals surface area contributed by atoms with Gasteiger partial charge in [0.05, 0.1) is 6.42 Å². The smallest absolute Gasteiger partial charge is 0.242 e. The molecule has 0 aliphatic rings. The number of rotatable bonds is 8. The van der Waals surface area contributed by atoms with Crippen molar-refractivity contribution in [3.63, 3.8) is 0 Å². The molecule has 1 N–H and O–H groups in total. The van der Waals surface area contributed by atoms with Crippen molar-refractivity contribution >= 4 is 11.8 Å². The normalized spacial score (nSPS) is 11.9. The average Bonchev–Trinajstić information content (AvgIpc) is 2.65. The van der Waals surface area contributed by atoms with E-state index >= 15 is 0 Å². The number of hydrogen-bond acceptors (Lipinski definition) is 2. The van der Waals surface area contributed by atoms with Crippen LogP contribution in [0.25, 0.3) is 0 Å². The first-order chi connectivity index (χ1) is 13.3. The topological polar surface area (TPSA) is 49.4 Å². The molecule has 0 saturated heterocycles. The van der Waals surface area contributed by atoms with Gasteiger partial charge in [-0.1, -0.05) is 55.8 Å². The predicted octanol–water partition coefficient (Wildman–Crippen LogP) is 3.87. The second kappa shape index (κ2) is 10.0. The fourth-order valence-corrected chi connectivity index (χ4v) is 2.92. The van der Waals surface area contributed by atoms with Crippen molar-refractivity contribution in [2.75, 3.05) is 6.54 Å². The second-order valence-corrected chi connectivity index (χ2v) is 7.63. The number of nitrogens with one attached hydrogen (secondary N) is 1. The molecule has 0 spiro atoms. The summed E-state index contributed by atoms with van der Waals surface area (Å²) in [4.78, 5) is 27.2. The number of halogens is 1. The molecule has 1 atom stereocenters. The molecule has 0 bridgehead atoms. The van der Waals surface area contributed by atoms with Crippen LogP contribution in [-0.4, -0.2) is 29.3 Å². The molecule has 0 aliphatic carbocycles. The zero-order valence-electron chi connectivity index (χ0n) is 17.0. The van der Waals surface area contributed by atoms with Crippen molar-refractivity contribution in [2.24, 2.45) is 5.92 Å². The van der Waals surface area contributed by atoms with E-state index in [4.69, 9.17) is 0 Å². The van der Waals surface area contributed by atoms with E-state index in [0.29, 0.717) is 19.0 Å². The Morgan fingerprint density at radius 3 is 2.32 bits per heavy atom. The Morgan fingerprint density at radius 2 is 1.71 bits per heavy atom. The minimum atomic E-state index is -0.604. The highest BCUT2D eigenvalue weighted by Crippen LogP contribution is 2.14. The molecular formula is C23H29FN2O2. The van der Waals surface area contributed by atoms with Crippen molar-refractivity contribution in [3.8, 4) is 0 Å². The van der Waals surface area contributed by atoms with Gasteiger partial charge in [0.1, 0.15) is 11.9 Å². The van der Waals surface area contributed by atoms with Crippen LogP contribution < -0.4 is 5.32 Å². The molecule has 2 amide bonds. The fourth-order valence-electron chi connectivity index (χ4n) is 2.92. The molecule has 0 radical (unpaired) electrons. The Kier molecular flexibility index (Phi) is 7.73. The first kappa shape index (κ1) is 21.6. The lowest BCUT2D eigenvalue weighted by molar-refractivity contribution is -0.140. The van der Waals surface area contributed by atoms with E-state index in [0.717, 1.165) is 16.7 Å². The molecule has 2 aromatic carbocycles. The lowest BCUT2D eigenvalue weighted by atomic mass is 10.1. The van der Waals surface area contributed by atoms with Crippen LogP contribution >= 0.6 is 0 Å². The Hall–Kier alpha value is -2.69. The molecule has 28 heavy (non-hydrogen) atoms. The molecule has 4 nitrogen and oxygen atoms in total. The third-order valence-corrected chi connectivity index (χ3v) is 4.56. The summed E-state index contributed by atoms with van der Waals surface area (Å²) in [7, 11) is 0. The number of aryl methyl sites for hydroxylation is 1. The van der Waals surface area contributed by atoms with Gasteiger partial charge in [-0.05, 0) is 43.0 Å². The third kappa shape index (κ3) is 6.48. The third-order valence-electron chi connectivity index (χ3n) is 4.56. The number of benzene rings is 2. The summed E-state index contributed by atoms with van der Waals surface area (Å²) in [5, 5.41) is 2.90. The van der Waals surface area contributed by atoms with Crippen LogP contribution in [0.4, 0.5) is 4.39 Å². The summed E-state index contributed by atoms with van der Waals surface area (Å²) in [5.41, 5.74) is 2.78. The SMILES string of the molecule is Cc1cccc(CN(C(=O)Cc2ccc(F)cc2)C(C)C(=O)NCC(C)C)c1. The highest BCUT2D eigenvalue weighted by atomic mass is 19.1. The monoisotopic (exact) mass is 384 g/mol. The van der Waals surface area contributed by atoms with Gasteiger partial charge < -0.3 is 10.2 Å². The Balaban J connectivity index is 2.19. The van der Waals surface area contributed by atoms with Gasteiger partial charge in [0, 0.05) is 13.1 Å². The van der Waals surface area contributed by atoms with E-state index in [9.17, 15) is 14.0 Å². The molecule has 0 saturated carbocycles. The van der Waals surface area contributed by atoms with Gasteiger partial charge in [-0.3, -0.25) is 9.59 Å². The van der Waals surface area contributed by atoms with Crippen LogP contribution in [0.5, 0.6) is 0 Å². The summed E-state index contributed by atoms with van der Waals surface area (Å²) < 4.78 is 13.1. The van der Waals surface area contributed by atoms with Crippen molar-refractivity contribution in [1.82, 2.24) is 10.2 Å². The van der Waals surface area contributed by atoms with Crippen LogP contribution in [0.1, 0.15) is 37.5 Å². The van der Waals surface area contributed by atoms with E-state index < -0.39 is 6.04 Å². The fraction of sp³-hybridized carbons (Fsp3) is 0.391. The zero-order chi connectivity index (χ0) is 20.7. The number of carbonyl (C=O) groups excluding carboxylic acids is 2. The van der Waals surface area contributed by atoms with Gasteiger partial charge >= 0.3 is 0 Å². The van der Waals surface area contributed by atoms with Crippen molar-refractivity contribution in [2.45, 2.75) is 46.7 Å². The van der Waals surface area contributed by atoms with Crippen LogP contribution in [0, 0.1) is 18.7 Å². The number of carbonyl (C=O) groups is 2. The van der Waals surface area contributed by atoms with Crippen LogP contribution in [-0.2, 0) is 22.6 Å². The van der Waals surface area contributed by atoms with Gasteiger partial charge in [-0.25, -0.2) is 4.39 Å². The molecule has 0 heterocycles. The van der Waals surface area contributed by atoms with Crippen molar-refractivity contribution in [3.05, 3.63) is 71.0 Å². The number of nitrogens with zero attached hydrogens (tertiary/aromatic N) is 1. The van der Waals surface area contributed by atoms with E-state index in [2.05, 4.69) is 5.32 Å². The van der Waals surface area contributed by atoms with Crippen molar-refractivity contribution in [1.29, 1.82) is 0 Å². The summed E-state index contributed by atoms with van der Waals surface area (Å²) in [5.74, 6) is -0.348. The highest BCUT2D eigenvalue weighted by Gasteiger charge is 2.26. The predicted molar refractivity (Wildman–Crippen MR) is 109 cm³/mol. The zero-order valence-corrected chi connectivity index (χ0v) is 17.0.